The van der Waals surface area contributed by atoms with Gasteiger partial charge in [0.15, 0.2) is 0 Å². The van der Waals surface area contributed by atoms with E-state index in [2.05, 4.69) is 37.2 Å². The van der Waals surface area contributed by atoms with Gasteiger partial charge in [0.2, 0.25) is 0 Å². The lowest BCUT2D eigenvalue weighted by Gasteiger charge is -2.46. The lowest BCUT2D eigenvalue weighted by atomic mass is 9.86. The maximum absolute atomic E-state index is 12.3. The molecule has 128 valence electrons. The maximum Gasteiger partial charge on any atom is 0.251 e. The number of carbonyl (C=O) groups is 1. The van der Waals surface area contributed by atoms with E-state index >= 15 is 0 Å². The van der Waals surface area contributed by atoms with E-state index in [-0.39, 0.29) is 16.9 Å². The zero-order valence-electron chi connectivity index (χ0n) is 14.2. The van der Waals surface area contributed by atoms with E-state index < -0.39 is 0 Å². The van der Waals surface area contributed by atoms with Crippen molar-refractivity contribution in [3.8, 4) is 0 Å². The molecule has 2 rings (SSSR count). The summed E-state index contributed by atoms with van der Waals surface area (Å²) in [6.07, 6.45) is 1.03. The van der Waals surface area contributed by atoms with E-state index in [0.717, 1.165) is 34.8 Å². The normalized spacial score (nSPS) is 25.3. The number of nitrogens with one attached hydrogen (secondary N) is 1. The summed E-state index contributed by atoms with van der Waals surface area (Å²) in [5.41, 5.74) is 7.95. The van der Waals surface area contributed by atoms with Crippen LogP contribution in [-0.4, -0.2) is 47.2 Å². The number of thioether (sulfide) groups is 2. The minimum absolute atomic E-state index is 0.00250. The molecule has 0 aliphatic carbocycles. The molecular formula is C17H27N3OS2. The van der Waals surface area contributed by atoms with Gasteiger partial charge < -0.3 is 11.1 Å². The highest BCUT2D eigenvalue weighted by atomic mass is 32.2. The highest BCUT2D eigenvalue weighted by Gasteiger charge is 2.38. The molecule has 0 saturated carbocycles. The smallest absolute Gasteiger partial charge is 0.251 e. The van der Waals surface area contributed by atoms with Crippen molar-refractivity contribution in [1.29, 1.82) is 0 Å². The molecule has 1 amide bonds. The molecule has 1 aliphatic heterocycles. The molecule has 0 aromatic heterocycles. The molecule has 4 nitrogen and oxygen atoms in total. The number of hydrogen-bond donors (Lipinski definition) is 2. The monoisotopic (exact) mass is 353 g/mol. The van der Waals surface area contributed by atoms with Crippen molar-refractivity contribution >= 4 is 29.4 Å². The van der Waals surface area contributed by atoms with Gasteiger partial charge in [0.1, 0.15) is 5.50 Å². The van der Waals surface area contributed by atoms with E-state index in [1.807, 2.05) is 30.0 Å². The van der Waals surface area contributed by atoms with Gasteiger partial charge in [0.05, 0.1) is 0 Å². The summed E-state index contributed by atoms with van der Waals surface area (Å²) >= 11 is 3.60. The summed E-state index contributed by atoms with van der Waals surface area (Å²) in [5.74, 6) is 3.07. The van der Waals surface area contributed by atoms with Gasteiger partial charge in [-0.1, -0.05) is 19.1 Å². The molecule has 6 heteroatoms. The number of amides is 1. The lowest BCUT2D eigenvalue weighted by Crippen LogP contribution is -2.53. The van der Waals surface area contributed by atoms with Crippen LogP contribution in [0.25, 0.3) is 0 Å². The predicted molar refractivity (Wildman–Crippen MR) is 102 cm³/mol. The Morgan fingerprint density at radius 2 is 2.35 bits per heavy atom. The average molecular weight is 354 g/mol. The van der Waals surface area contributed by atoms with E-state index in [4.69, 9.17) is 5.73 Å². The molecule has 1 aromatic carbocycles. The van der Waals surface area contributed by atoms with E-state index in [9.17, 15) is 4.79 Å². The van der Waals surface area contributed by atoms with Crippen molar-refractivity contribution in [2.75, 3.05) is 30.9 Å². The van der Waals surface area contributed by atoms with Crippen LogP contribution in [0.2, 0.25) is 0 Å². The quantitative estimate of drug-likeness (QED) is 0.770. The van der Waals surface area contributed by atoms with E-state index in [0.29, 0.717) is 6.54 Å². The summed E-state index contributed by atoms with van der Waals surface area (Å²) < 4.78 is 0. The molecule has 2 unspecified atom stereocenters. The maximum atomic E-state index is 12.3. The van der Waals surface area contributed by atoms with Gasteiger partial charge in [0, 0.05) is 23.4 Å². The minimum Gasteiger partial charge on any atom is -0.351 e. The fourth-order valence-electron chi connectivity index (χ4n) is 2.77. The molecule has 0 radical (unpaired) electrons. The topological polar surface area (TPSA) is 58.4 Å². The molecule has 23 heavy (non-hydrogen) atoms. The van der Waals surface area contributed by atoms with Crippen LogP contribution in [0.5, 0.6) is 0 Å². The highest BCUT2D eigenvalue weighted by Crippen LogP contribution is 2.39. The Morgan fingerprint density at radius 1 is 1.57 bits per heavy atom. The first-order valence-electron chi connectivity index (χ1n) is 8.05. The fraction of sp³-hybridized carbons (Fsp3) is 0.588. The number of carbonyl (C=O) groups excluding carboxylic acids is 1. The van der Waals surface area contributed by atoms with Crippen LogP contribution in [0.1, 0.15) is 36.2 Å². The first-order chi connectivity index (χ1) is 11.0. The van der Waals surface area contributed by atoms with Crippen molar-refractivity contribution in [1.82, 2.24) is 10.2 Å². The third-order valence-corrected chi connectivity index (χ3v) is 6.52. The largest absolute Gasteiger partial charge is 0.351 e. The molecule has 3 N–H and O–H groups in total. The zero-order chi connectivity index (χ0) is 16.9. The first-order valence-corrected chi connectivity index (χ1v) is 10.3. The van der Waals surface area contributed by atoms with Crippen LogP contribution in [-0.2, 0) is 5.54 Å². The summed E-state index contributed by atoms with van der Waals surface area (Å²) in [6, 6.07) is 7.97. The van der Waals surface area contributed by atoms with Crippen LogP contribution in [0.3, 0.4) is 0 Å². The standard InChI is InChI=1S/C17H27N3OS2/c1-4-22-11-9-19-15(21)13-6-5-7-14(12-13)17(2)8-10-23-16(18)20(17)3/h5-7,12,16H,4,8-11,18H2,1-3H3,(H,19,21). The first kappa shape index (κ1) is 18.6. The van der Waals surface area contributed by atoms with Gasteiger partial charge >= 0.3 is 0 Å². The SMILES string of the molecule is CCSCCNC(=O)c1cccc(C2(C)CCSC(N)N2C)c1. The van der Waals surface area contributed by atoms with E-state index in [1.165, 1.54) is 0 Å². The Labute approximate surface area is 147 Å². The molecule has 1 saturated heterocycles. The Morgan fingerprint density at radius 3 is 3.09 bits per heavy atom. The van der Waals surface area contributed by atoms with Crippen molar-refractivity contribution in [2.24, 2.45) is 5.73 Å². The summed E-state index contributed by atoms with van der Waals surface area (Å²) in [7, 11) is 2.06. The summed E-state index contributed by atoms with van der Waals surface area (Å²) in [6.45, 7) is 5.04. The Hall–Kier alpha value is -0.690. The van der Waals surface area contributed by atoms with Crippen molar-refractivity contribution < 1.29 is 4.79 Å². The Balaban J connectivity index is 2.11. The third-order valence-electron chi connectivity index (χ3n) is 4.52. The van der Waals surface area contributed by atoms with Crippen molar-refractivity contribution in [3.63, 3.8) is 0 Å². The zero-order valence-corrected chi connectivity index (χ0v) is 15.8. The van der Waals surface area contributed by atoms with Gasteiger partial charge in [-0.05, 0) is 49.6 Å². The third kappa shape index (κ3) is 4.44. The van der Waals surface area contributed by atoms with Gasteiger partial charge in [-0.15, -0.1) is 11.8 Å². The van der Waals surface area contributed by atoms with Crippen LogP contribution in [0.15, 0.2) is 24.3 Å². The molecule has 1 fully saturated rings. The molecule has 1 aromatic rings. The average Bonchev–Trinajstić information content (AvgIpc) is 2.56. The van der Waals surface area contributed by atoms with Crippen molar-refractivity contribution in [2.45, 2.75) is 31.3 Å². The molecule has 0 bridgehead atoms. The number of hydrogen-bond acceptors (Lipinski definition) is 5. The van der Waals surface area contributed by atoms with Crippen LogP contribution in [0, 0.1) is 0 Å². The number of rotatable bonds is 6. The molecular weight excluding hydrogens is 326 g/mol. The molecule has 1 heterocycles. The number of benzene rings is 1. The van der Waals surface area contributed by atoms with Gasteiger partial charge in [-0.2, -0.15) is 11.8 Å². The summed E-state index contributed by atoms with van der Waals surface area (Å²) in [5, 5.41) is 2.99. The highest BCUT2D eigenvalue weighted by molar-refractivity contribution is 7.99. The molecule has 0 spiro atoms. The predicted octanol–water partition coefficient (Wildman–Crippen LogP) is 2.70. The van der Waals surface area contributed by atoms with E-state index in [1.54, 1.807) is 11.8 Å². The molecule has 2 atom stereocenters. The second-order valence-electron chi connectivity index (χ2n) is 5.93. The summed E-state index contributed by atoms with van der Waals surface area (Å²) in [4.78, 5) is 14.5. The minimum atomic E-state index is -0.126. The molecule has 1 aliphatic rings. The van der Waals surface area contributed by atoms with Gasteiger partial charge in [0.25, 0.3) is 5.91 Å². The van der Waals surface area contributed by atoms with Gasteiger partial charge in [-0.25, -0.2) is 0 Å². The van der Waals surface area contributed by atoms with Crippen LogP contribution >= 0.6 is 23.5 Å². The second kappa shape index (κ2) is 8.42. The lowest BCUT2D eigenvalue weighted by molar-refractivity contribution is 0.0954. The van der Waals surface area contributed by atoms with Crippen molar-refractivity contribution in [3.05, 3.63) is 35.4 Å². The number of nitrogens with zero attached hydrogens (tertiary/aromatic N) is 1. The Bertz CT molecular complexity index is 540. The number of nitrogens with two attached hydrogens (primary N) is 1. The van der Waals surface area contributed by atoms with Crippen LogP contribution < -0.4 is 11.1 Å². The fourth-order valence-corrected chi connectivity index (χ4v) is 4.52. The Kier molecular flexibility index (Phi) is 6.83. The van der Waals surface area contributed by atoms with Crippen LogP contribution in [0.4, 0.5) is 0 Å². The van der Waals surface area contributed by atoms with Gasteiger partial charge in [-0.3, -0.25) is 9.69 Å². The second-order valence-corrected chi connectivity index (χ2v) is 8.55.